The van der Waals surface area contributed by atoms with E-state index in [0.29, 0.717) is 39.0 Å². The minimum atomic E-state index is 0.184. The smallest absolute Gasteiger partial charge is 0.188 e. The summed E-state index contributed by atoms with van der Waals surface area (Å²) >= 11 is 6.11. The number of hydrogen-bond acceptors (Lipinski definition) is 7. The molecule has 136 valence electrons. The first-order valence-electron chi connectivity index (χ1n) is 8.17. The highest BCUT2D eigenvalue weighted by molar-refractivity contribution is 6.30. The fraction of sp³-hybridized carbons (Fsp3) is 0.167. The lowest BCUT2D eigenvalue weighted by atomic mass is 10.1. The fourth-order valence-electron chi connectivity index (χ4n) is 2.76. The molecule has 0 aliphatic heterocycles. The Morgan fingerprint density at radius 1 is 1.22 bits per heavy atom. The summed E-state index contributed by atoms with van der Waals surface area (Å²) in [6, 6.07) is 7.39. The van der Waals surface area contributed by atoms with Crippen LogP contribution in [0.5, 0.6) is 5.75 Å². The Bertz CT molecular complexity index is 1120. The molecule has 3 heterocycles. The summed E-state index contributed by atoms with van der Waals surface area (Å²) in [7, 11) is 1.83. The van der Waals surface area contributed by atoms with Gasteiger partial charge in [-0.1, -0.05) is 23.7 Å². The van der Waals surface area contributed by atoms with E-state index in [9.17, 15) is 0 Å². The molecule has 4 aromatic rings. The van der Waals surface area contributed by atoms with Gasteiger partial charge in [-0.25, -0.2) is 15.0 Å². The van der Waals surface area contributed by atoms with Crippen molar-refractivity contribution >= 4 is 28.3 Å². The minimum Gasteiger partial charge on any atom is -0.483 e. The molecule has 27 heavy (non-hydrogen) atoms. The number of pyridine rings is 1. The maximum absolute atomic E-state index is 6.11. The van der Waals surface area contributed by atoms with Gasteiger partial charge in [-0.05, 0) is 19.1 Å². The van der Waals surface area contributed by atoms with Crippen molar-refractivity contribution in [3.05, 3.63) is 53.5 Å². The number of ether oxygens (including phenoxy) is 1. The molecule has 3 aromatic heterocycles. The van der Waals surface area contributed by atoms with Gasteiger partial charge in [0.25, 0.3) is 0 Å². The minimum absolute atomic E-state index is 0.184. The zero-order valence-electron chi connectivity index (χ0n) is 14.7. The SMILES string of the molecule is Cc1nc(COc2cnc(-c3cccc(Cl)c3)c3ncnc(N)c23)nn1C. The van der Waals surface area contributed by atoms with E-state index < -0.39 is 0 Å². The number of hydrogen-bond donors (Lipinski definition) is 1. The van der Waals surface area contributed by atoms with Crippen molar-refractivity contribution < 1.29 is 4.74 Å². The molecule has 0 aliphatic carbocycles. The molecule has 0 radical (unpaired) electrons. The molecule has 0 fully saturated rings. The average Bonchev–Trinajstić information content (AvgIpc) is 2.97. The summed E-state index contributed by atoms with van der Waals surface area (Å²) in [5, 5.41) is 5.49. The highest BCUT2D eigenvalue weighted by Gasteiger charge is 2.16. The molecule has 0 amide bonds. The van der Waals surface area contributed by atoms with Crippen LogP contribution in [0.15, 0.2) is 36.8 Å². The van der Waals surface area contributed by atoms with Crippen LogP contribution in [0.3, 0.4) is 0 Å². The second-order valence-corrected chi connectivity index (χ2v) is 6.39. The Hall–Kier alpha value is -3.26. The van der Waals surface area contributed by atoms with E-state index in [4.69, 9.17) is 22.1 Å². The van der Waals surface area contributed by atoms with E-state index in [0.717, 1.165) is 11.4 Å². The molecule has 1 aromatic carbocycles. The third kappa shape index (κ3) is 3.26. The maximum atomic E-state index is 6.11. The predicted octanol–water partition coefficient (Wildman–Crippen LogP) is 2.94. The zero-order chi connectivity index (χ0) is 19.0. The van der Waals surface area contributed by atoms with Crippen LogP contribution in [-0.2, 0) is 13.7 Å². The van der Waals surface area contributed by atoms with Crippen molar-refractivity contribution in [1.82, 2.24) is 29.7 Å². The molecule has 0 saturated heterocycles. The van der Waals surface area contributed by atoms with Crippen LogP contribution in [0, 0.1) is 6.92 Å². The zero-order valence-corrected chi connectivity index (χ0v) is 15.5. The van der Waals surface area contributed by atoms with Gasteiger partial charge in [-0.2, -0.15) is 5.10 Å². The lowest BCUT2D eigenvalue weighted by molar-refractivity contribution is 0.298. The summed E-state index contributed by atoms with van der Waals surface area (Å²) in [5.74, 6) is 2.15. The number of halogens is 1. The number of nitrogens with two attached hydrogens (primary N) is 1. The van der Waals surface area contributed by atoms with Crippen molar-refractivity contribution in [2.24, 2.45) is 7.05 Å². The van der Waals surface area contributed by atoms with Gasteiger partial charge in [0.2, 0.25) is 0 Å². The van der Waals surface area contributed by atoms with Crippen molar-refractivity contribution in [2.45, 2.75) is 13.5 Å². The first kappa shape index (κ1) is 17.2. The quantitative estimate of drug-likeness (QED) is 0.579. The Balaban J connectivity index is 1.77. The third-order valence-electron chi connectivity index (χ3n) is 4.14. The van der Waals surface area contributed by atoms with Gasteiger partial charge in [0.15, 0.2) is 11.6 Å². The predicted molar refractivity (Wildman–Crippen MR) is 102 cm³/mol. The van der Waals surface area contributed by atoms with E-state index >= 15 is 0 Å². The van der Waals surface area contributed by atoms with Crippen LogP contribution in [0.1, 0.15) is 11.6 Å². The molecule has 4 rings (SSSR count). The summed E-state index contributed by atoms with van der Waals surface area (Å²) in [5.41, 5.74) is 8.19. The van der Waals surface area contributed by atoms with E-state index in [-0.39, 0.29) is 6.61 Å². The first-order chi connectivity index (χ1) is 13.0. The molecule has 0 unspecified atom stereocenters. The van der Waals surface area contributed by atoms with Gasteiger partial charge in [0, 0.05) is 17.6 Å². The number of aromatic nitrogens is 6. The van der Waals surface area contributed by atoms with Crippen molar-refractivity contribution in [3.8, 4) is 17.0 Å². The molecule has 9 heteroatoms. The van der Waals surface area contributed by atoms with E-state index in [1.807, 2.05) is 32.2 Å². The highest BCUT2D eigenvalue weighted by atomic mass is 35.5. The maximum Gasteiger partial charge on any atom is 0.188 e. The summed E-state index contributed by atoms with van der Waals surface area (Å²) < 4.78 is 7.57. The number of nitrogen functional groups attached to an aromatic ring is 1. The van der Waals surface area contributed by atoms with E-state index in [2.05, 4.69) is 25.0 Å². The van der Waals surface area contributed by atoms with Crippen LogP contribution in [-0.4, -0.2) is 29.7 Å². The lowest BCUT2D eigenvalue weighted by Gasteiger charge is -2.11. The Labute approximate surface area is 160 Å². The van der Waals surface area contributed by atoms with Gasteiger partial charge in [-0.3, -0.25) is 9.67 Å². The first-order valence-corrected chi connectivity index (χ1v) is 8.55. The third-order valence-corrected chi connectivity index (χ3v) is 4.37. The highest BCUT2D eigenvalue weighted by Crippen LogP contribution is 2.34. The molecule has 0 bridgehead atoms. The molecule has 0 saturated carbocycles. The second kappa shape index (κ2) is 6.81. The molecule has 0 spiro atoms. The lowest BCUT2D eigenvalue weighted by Crippen LogP contribution is -2.03. The number of nitrogens with zero attached hydrogens (tertiary/aromatic N) is 6. The molecule has 0 atom stereocenters. The summed E-state index contributed by atoms with van der Waals surface area (Å²) in [6.45, 7) is 2.06. The number of anilines is 1. The van der Waals surface area contributed by atoms with Gasteiger partial charge in [-0.15, -0.1) is 0 Å². The van der Waals surface area contributed by atoms with Crippen LogP contribution >= 0.6 is 11.6 Å². The van der Waals surface area contributed by atoms with Crippen molar-refractivity contribution in [1.29, 1.82) is 0 Å². The molecule has 2 N–H and O–H groups in total. The van der Waals surface area contributed by atoms with Gasteiger partial charge in [0.1, 0.15) is 30.1 Å². The van der Waals surface area contributed by atoms with Crippen LogP contribution in [0.2, 0.25) is 5.02 Å². The van der Waals surface area contributed by atoms with Crippen LogP contribution in [0.25, 0.3) is 22.2 Å². The average molecular weight is 382 g/mol. The van der Waals surface area contributed by atoms with Gasteiger partial charge in [0.05, 0.1) is 17.3 Å². The normalized spacial score (nSPS) is 11.1. The van der Waals surface area contributed by atoms with E-state index in [1.165, 1.54) is 6.33 Å². The Morgan fingerprint density at radius 2 is 2.07 bits per heavy atom. The fourth-order valence-corrected chi connectivity index (χ4v) is 2.95. The summed E-state index contributed by atoms with van der Waals surface area (Å²) in [4.78, 5) is 17.3. The molecule has 8 nitrogen and oxygen atoms in total. The van der Waals surface area contributed by atoms with Crippen LogP contribution < -0.4 is 10.5 Å². The Morgan fingerprint density at radius 3 is 2.81 bits per heavy atom. The number of rotatable bonds is 4. The van der Waals surface area contributed by atoms with Crippen molar-refractivity contribution in [2.75, 3.05) is 5.73 Å². The number of aryl methyl sites for hydroxylation is 2. The number of fused-ring (bicyclic) bond motifs is 1. The summed E-state index contributed by atoms with van der Waals surface area (Å²) in [6.07, 6.45) is 3.01. The Kier molecular flexibility index (Phi) is 4.33. The topological polar surface area (TPSA) is 105 Å². The molecular formula is C18H16ClN7O. The van der Waals surface area contributed by atoms with Crippen LogP contribution in [0.4, 0.5) is 5.82 Å². The van der Waals surface area contributed by atoms with E-state index in [1.54, 1.807) is 16.9 Å². The van der Waals surface area contributed by atoms with Crippen molar-refractivity contribution in [3.63, 3.8) is 0 Å². The molecular weight excluding hydrogens is 366 g/mol. The number of benzene rings is 1. The standard InChI is InChI=1S/C18H16ClN7O/c1-10-24-14(25-26(10)2)8-27-13-7-21-16(11-4-3-5-12(19)6-11)17-15(13)18(20)23-9-22-17/h3-7,9H,8H2,1-2H3,(H2,20,22,23). The largest absolute Gasteiger partial charge is 0.483 e. The van der Waals surface area contributed by atoms with Gasteiger partial charge >= 0.3 is 0 Å². The second-order valence-electron chi connectivity index (χ2n) is 5.95. The monoisotopic (exact) mass is 381 g/mol. The molecule has 0 aliphatic rings. The van der Waals surface area contributed by atoms with Gasteiger partial charge < -0.3 is 10.5 Å².